The van der Waals surface area contributed by atoms with E-state index in [1.165, 1.54) is 0 Å². The van der Waals surface area contributed by atoms with Crippen molar-refractivity contribution in [2.45, 2.75) is 51.7 Å². The zero-order valence-electron chi connectivity index (χ0n) is 11.3. The van der Waals surface area contributed by atoms with Gasteiger partial charge in [-0.05, 0) is 32.7 Å². The van der Waals surface area contributed by atoms with Crippen LogP contribution in [0.5, 0.6) is 0 Å². The molecule has 0 heterocycles. The molecule has 0 aromatic carbocycles. The Kier molecular flexibility index (Phi) is 7.42. The van der Waals surface area contributed by atoms with Crippen LogP contribution in [0.15, 0.2) is 0 Å². The molecular formula is C11H27NO3Si. The van der Waals surface area contributed by atoms with E-state index < -0.39 is 8.80 Å². The zero-order valence-corrected chi connectivity index (χ0v) is 12.3. The molecule has 2 N–H and O–H groups in total. The Morgan fingerprint density at radius 1 is 1.19 bits per heavy atom. The largest absolute Gasteiger partial charge is 0.497 e. The van der Waals surface area contributed by atoms with Crippen molar-refractivity contribution in [3.8, 4) is 0 Å². The Bertz CT molecular complexity index is 188. The Hall–Kier alpha value is 0.0569. The summed E-state index contributed by atoms with van der Waals surface area (Å²) < 4.78 is 16.8. The van der Waals surface area contributed by atoms with Crippen molar-refractivity contribution >= 4 is 8.80 Å². The van der Waals surface area contributed by atoms with Crippen LogP contribution < -0.4 is 5.73 Å². The van der Waals surface area contributed by atoms with E-state index in [-0.39, 0.29) is 5.60 Å². The fraction of sp³-hybridized carbons (Fsp3) is 1.00. The van der Waals surface area contributed by atoms with Crippen LogP contribution in [-0.4, -0.2) is 35.2 Å². The van der Waals surface area contributed by atoms with Gasteiger partial charge in [0.15, 0.2) is 0 Å². The summed E-state index contributed by atoms with van der Waals surface area (Å²) in [7, 11) is 0.827. The van der Waals surface area contributed by atoms with Gasteiger partial charge >= 0.3 is 8.80 Å². The molecule has 0 fully saturated rings. The van der Waals surface area contributed by atoms with Crippen molar-refractivity contribution in [3.63, 3.8) is 0 Å². The number of hydrogen-bond acceptors (Lipinski definition) is 4. The molecule has 0 aromatic rings. The van der Waals surface area contributed by atoms with E-state index in [4.69, 9.17) is 19.0 Å². The minimum Gasteiger partial charge on any atom is -0.377 e. The molecule has 0 aromatic heterocycles. The van der Waals surface area contributed by atoms with Crippen molar-refractivity contribution < 1.29 is 13.3 Å². The van der Waals surface area contributed by atoms with Crippen molar-refractivity contribution in [2.24, 2.45) is 5.73 Å². The van der Waals surface area contributed by atoms with Gasteiger partial charge in [0.1, 0.15) is 0 Å². The second kappa shape index (κ2) is 7.40. The van der Waals surface area contributed by atoms with E-state index in [1.807, 2.05) is 6.55 Å². The molecule has 0 radical (unpaired) electrons. The molecular weight excluding hydrogens is 222 g/mol. The molecule has 0 rings (SSSR count). The molecule has 0 spiro atoms. The van der Waals surface area contributed by atoms with Gasteiger partial charge in [0.2, 0.25) is 0 Å². The highest BCUT2D eigenvalue weighted by atomic mass is 28.4. The first-order chi connectivity index (χ1) is 7.45. The fourth-order valence-electron chi connectivity index (χ4n) is 1.85. The third-order valence-electron chi connectivity index (χ3n) is 2.86. The molecule has 16 heavy (non-hydrogen) atoms. The van der Waals surface area contributed by atoms with Crippen LogP contribution in [0.2, 0.25) is 6.55 Å². The number of nitrogens with two attached hydrogens (primary N) is 1. The van der Waals surface area contributed by atoms with Crippen molar-refractivity contribution in [1.82, 2.24) is 0 Å². The number of rotatable bonds is 9. The summed E-state index contributed by atoms with van der Waals surface area (Å²) in [5.74, 6) is 0. The van der Waals surface area contributed by atoms with Crippen LogP contribution in [0.3, 0.4) is 0 Å². The second-order valence-corrected chi connectivity index (χ2v) is 7.21. The minimum atomic E-state index is -2.46. The highest BCUT2D eigenvalue weighted by Gasteiger charge is 2.40. The standard InChI is InChI=1S/C11H27NO3Si/c1-6-8-11(2,9-7-10-12)15-16(5,13-3)14-4/h6-10,12H2,1-5H3. The predicted octanol–water partition coefficient (Wildman–Crippen LogP) is 2.16. The summed E-state index contributed by atoms with van der Waals surface area (Å²) in [5.41, 5.74) is 5.37. The van der Waals surface area contributed by atoms with Crippen LogP contribution in [0, 0.1) is 0 Å². The lowest BCUT2D eigenvalue weighted by Crippen LogP contribution is -2.48. The summed E-state index contributed by atoms with van der Waals surface area (Å²) in [6.07, 6.45) is 4.00. The Morgan fingerprint density at radius 2 is 1.75 bits per heavy atom. The predicted molar refractivity (Wildman–Crippen MR) is 68.3 cm³/mol. The van der Waals surface area contributed by atoms with E-state index >= 15 is 0 Å². The van der Waals surface area contributed by atoms with Crippen molar-refractivity contribution in [2.75, 3.05) is 20.8 Å². The van der Waals surface area contributed by atoms with Crippen LogP contribution in [0.4, 0.5) is 0 Å². The third-order valence-corrected chi connectivity index (χ3v) is 5.21. The van der Waals surface area contributed by atoms with Crippen LogP contribution in [0.25, 0.3) is 0 Å². The van der Waals surface area contributed by atoms with Gasteiger partial charge in [-0.2, -0.15) is 0 Å². The molecule has 4 nitrogen and oxygen atoms in total. The topological polar surface area (TPSA) is 53.7 Å². The lowest BCUT2D eigenvalue weighted by molar-refractivity contribution is -0.0138. The van der Waals surface area contributed by atoms with Gasteiger partial charge < -0.3 is 19.0 Å². The first-order valence-corrected chi connectivity index (χ1v) is 8.18. The summed E-state index contributed by atoms with van der Waals surface area (Å²) in [6.45, 7) is 6.89. The maximum atomic E-state index is 6.11. The van der Waals surface area contributed by atoms with Crippen molar-refractivity contribution in [1.29, 1.82) is 0 Å². The summed E-state index contributed by atoms with van der Waals surface area (Å²) in [5, 5.41) is 0. The average Bonchev–Trinajstić information content (AvgIpc) is 2.26. The first kappa shape index (κ1) is 16.1. The van der Waals surface area contributed by atoms with Crippen LogP contribution in [0.1, 0.15) is 39.5 Å². The van der Waals surface area contributed by atoms with Gasteiger partial charge in [0, 0.05) is 20.8 Å². The van der Waals surface area contributed by atoms with Gasteiger partial charge in [0.25, 0.3) is 0 Å². The quantitative estimate of drug-likeness (QED) is 0.636. The fourth-order valence-corrected chi connectivity index (χ4v) is 3.28. The third kappa shape index (κ3) is 5.40. The molecule has 1 atom stereocenters. The Morgan fingerprint density at radius 3 is 2.12 bits per heavy atom. The van der Waals surface area contributed by atoms with Gasteiger partial charge in [-0.15, -0.1) is 0 Å². The smallest absolute Gasteiger partial charge is 0.377 e. The zero-order chi connectivity index (χ0) is 12.7. The van der Waals surface area contributed by atoms with Gasteiger partial charge in [0.05, 0.1) is 5.60 Å². The Balaban J connectivity index is 4.51. The molecule has 1 unspecified atom stereocenters. The normalized spacial score (nSPS) is 16.1. The summed E-state index contributed by atoms with van der Waals surface area (Å²) in [4.78, 5) is 0. The van der Waals surface area contributed by atoms with E-state index in [2.05, 4.69) is 13.8 Å². The molecule has 0 saturated heterocycles. The van der Waals surface area contributed by atoms with E-state index in [0.29, 0.717) is 6.54 Å². The molecule has 0 aliphatic heterocycles. The molecule has 0 aliphatic carbocycles. The van der Waals surface area contributed by atoms with Crippen molar-refractivity contribution in [3.05, 3.63) is 0 Å². The van der Waals surface area contributed by atoms with E-state index in [9.17, 15) is 0 Å². The molecule has 5 heteroatoms. The number of hydrogen-bond donors (Lipinski definition) is 1. The molecule has 0 saturated carbocycles. The average molecular weight is 249 g/mol. The highest BCUT2D eigenvalue weighted by molar-refractivity contribution is 6.59. The first-order valence-electron chi connectivity index (χ1n) is 5.96. The molecule has 0 aliphatic rings. The van der Waals surface area contributed by atoms with E-state index in [0.717, 1.165) is 25.7 Å². The van der Waals surface area contributed by atoms with Gasteiger partial charge in [-0.3, -0.25) is 0 Å². The molecule has 0 amide bonds. The Labute approximate surface area is 101 Å². The van der Waals surface area contributed by atoms with Gasteiger partial charge in [-0.1, -0.05) is 13.3 Å². The lowest BCUT2D eigenvalue weighted by Gasteiger charge is -2.36. The maximum absolute atomic E-state index is 6.11. The monoisotopic (exact) mass is 249 g/mol. The summed E-state index contributed by atoms with van der Waals surface area (Å²) >= 11 is 0. The molecule has 0 bridgehead atoms. The highest BCUT2D eigenvalue weighted by Crippen LogP contribution is 2.28. The second-order valence-electron chi connectivity index (χ2n) is 4.46. The SMILES string of the molecule is CCCC(C)(CCCN)O[Si](C)(OC)OC. The minimum absolute atomic E-state index is 0.179. The van der Waals surface area contributed by atoms with E-state index in [1.54, 1.807) is 14.2 Å². The maximum Gasteiger partial charge on any atom is 0.497 e. The van der Waals surface area contributed by atoms with Crippen LogP contribution in [-0.2, 0) is 13.3 Å². The summed E-state index contributed by atoms with van der Waals surface area (Å²) in [6, 6.07) is 0. The molecule has 98 valence electrons. The van der Waals surface area contributed by atoms with Crippen LogP contribution >= 0.6 is 0 Å². The van der Waals surface area contributed by atoms with Gasteiger partial charge in [-0.25, -0.2) is 0 Å². The lowest BCUT2D eigenvalue weighted by atomic mass is 9.95.